The summed E-state index contributed by atoms with van der Waals surface area (Å²) >= 11 is 6.85. The third-order valence-electron chi connectivity index (χ3n) is 2.69. The van der Waals surface area contributed by atoms with Crippen molar-refractivity contribution in [3.63, 3.8) is 0 Å². The van der Waals surface area contributed by atoms with Crippen molar-refractivity contribution in [3.05, 3.63) is 50.1 Å². The summed E-state index contributed by atoms with van der Waals surface area (Å²) in [6.45, 7) is 1.81. The largest absolute Gasteiger partial charge is 0.342 e. The Labute approximate surface area is 134 Å². The molecule has 0 aliphatic heterocycles. The van der Waals surface area contributed by atoms with Crippen LogP contribution in [0.5, 0.6) is 0 Å². The van der Waals surface area contributed by atoms with Gasteiger partial charge in [-0.1, -0.05) is 36.4 Å². The molecule has 0 radical (unpaired) electrons. The lowest BCUT2D eigenvalue weighted by Crippen LogP contribution is -2.29. The number of halogens is 1. The first kappa shape index (κ1) is 16.3. The Kier molecular flexibility index (Phi) is 5.40. The summed E-state index contributed by atoms with van der Waals surface area (Å²) in [6.07, 6.45) is 0.483. The third kappa shape index (κ3) is 4.22. The number of nitrogens with zero attached hydrogens (tertiary/aromatic N) is 1. The van der Waals surface area contributed by atoms with Gasteiger partial charge in [-0.3, -0.25) is 14.6 Å². The average molecular weight is 341 g/mol. The van der Waals surface area contributed by atoms with Crippen molar-refractivity contribution in [2.24, 2.45) is 0 Å². The van der Waals surface area contributed by atoms with E-state index in [4.69, 9.17) is 11.6 Å². The number of aromatic nitrogens is 3. The van der Waals surface area contributed by atoms with Crippen LogP contribution in [0.15, 0.2) is 38.9 Å². The van der Waals surface area contributed by atoms with Crippen LogP contribution in [0.4, 0.5) is 5.69 Å². The molecule has 1 aromatic heterocycles. The minimum Gasteiger partial charge on any atom is -0.325 e. The molecule has 1 aromatic carbocycles. The Morgan fingerprint density at radius 1 is 1.45 bits per heavy atom. The van der Waals surface area contributed by atoms with E-state index in [1.54, 1.807) is 24.3 Å². The van der Waals surface area contributed by atoms with Gasteiger partial charge in [0.15, 0.2) is 5.03 Å². The van der Waals surface area contributed by atoms with Gasteiger partial charge in [0.25, 0.3) is 5.56 Å². The van der Waals surface area contributed by atoms with E-state index in [2.05, 4.69) is 20.5 Å². The molecule has 0 spiro atoms. The number of H-pyrrole nitrogens is 2. The van der Waals surface area contributed by atoms with Crippen molar-refractivity contribution < 1.29 is 4.79 Å². The molecular weight excluding hydrogens is 328 g/mol. The molecule has 1 amide bonds. The minimum absolute atomic E-state index is 0.0349. The van der Waals surface area contributed by atoms with Gasteiger partial charge < -0.3 is 5.32 Å². The second-order valence-corrected chi connectivity index (χ2v) is 5.95. The SMILES string of the molecule is CCC(Sc1n[nH]c(=O)[nH]c1=O)C(=O)Nc1cccc(Cl)c1. The fraction of sp³-hybridized carbons (Fsp3) is 0.231. The number of aromatic amines is 2. The highest BCUT2D eigenvalue weighted by molar-refractivity contribution is 8.00. The van der Waals surface area contributed by atoms with Crippen molar-refractivity contribution in [3.8, 4) is 0 Å². The fourth-order valence-corrected chi connectivity index (χ4v) is 2.71. The van der Waals surface area contributed by atoms with Crippen LogP contribution in [0.2, 0.25) is 5.02 Å². The molecule has 0 aliphatic rings. The Morgan fingerprint density at radius 3 is 2.86 bits per heavy atom. The number of nitrogens with one attached hydrogen (secondary N) is 3. The topological polar surface area (TPSA) is 108 Å². The number of carbonyl (C=O) groups excluding carboxylic acids is 1. The molecular formula is C13H13ClN4O3S. The normalized spacial score (nSPS) is 11.9. The van der Waals surface area contributed by atoms with Gasteiger partial charge in [0.2, 0.25) is 5.91 Å². The average Bonchev–Trinajstić information content (AvgIpc) is 2.46. The lowest BCUT2D eigenvalue weighted by Gasteiger charge is -2.13. The molecule has 22 heavy (non-hydrogen) atoms. The van der Waals surface area contributed by atoms with E-state index < -0.39 is 16.5 Å². The summed E-state index contributed by atoms with van der Waals surface area (Å²) in [7, 11) is 0. The van der Waals surface area contributed by atoms with E-state index in [-0.39, 0.29) is 10.9 Å². The van der Waals surface area contributed by atoms with Crippen molar-refractivity contribution in [2.45, 2.75) is 23.6 Å². The quantitative estimate of drug-likeness (QED) is 0.717. The maximum absolute atomic E-state index is 12.3. The monoisotopic (exact) mass is 340 g/mol. The maximum Gasteiger partial charge on any atom is 0.342 e. The van der Waals surface area contributed by atoms with Gasteiger partial charge in [-0.25, -0.2) is 9.89 Å². The highest BCUT2D eigenvalue weighted by Crippen LogP contribution is 2.22. The first-order valence-electron chi connectivity index (χ1n) is 6.41. The Bertz CT molecular complexity index is 789. The highest BCUT2D eigenvalue weighted by Gasteiger charge is 2.20. The molecule has 2 rings (SSSR count). The Morgan fingerprint density at radius 2 is 2.23 bits per heavy atom. The summed E-state index contributed by atoms with van der Waals surface area (Å²) in [5, 5.41) is 8.53. The van der Waals surface area contributed by atoms with E-state index in [1.165, 1.54) is 0 Å². The molecule has 0 aliphatic carbocycles. The van der Waals surface area contributed by atoms with Crippen LogP contribution < -0.4 is 16.6 Å². The van der Waals surface area contributed by atoms with Crippen LogP contribution in [0.1, 0.15) is 13.3 Å². The molecule has 1 heterocycles. The molecule has 116 valence electrons. The molecule has 1 atom stereocenters. The van der Waals surface area contributed by atoms with E-state index in [9.17, 15) is 14.4 Å². The van der Waals surface area contributed by atoms with Gasteiger partial charge in [-0.15, -0.1) is 0 Å². The first-order chi connectivity index (χ1) is 10.5. The van der Waals surface area contributed by atoms with Gasteiger partial charge in [-0.2, -0.15) is 5.10 Å². The van der Waals surface area contributed by atoms with Crippen LogP contribution in [-0.2, 0) is 4.79 Å². The second kappa shape index (κ2) is 7.28. The van der Waals surface area contributed by atoms with Gasteiger partial charge >= 0.3 is 5.69 Å². The minimum atomic E-state index is -0.689. The zero-order valence-corrected chi connectivity index (χ0v) is 13.1. The summed E-state index contributed by atoms with van der Waals surface area (Å²) < 4.78 is 0. The zero-order valence-electron chi connectivity index (χ0n) is 11.6. The number of hydrogen-bond acceptors (Lipinski definition) is 5. The van der Waals surface area contributed by atoms with Crippen LogP contribution in [0.3, 0.4) is 0 Å². The number of hydrogen-bond donors (Lipinski definition) is 3. The standard InChI is InChI=1S/C13H13ClN4O3S/c1-2-9(22-12-11(20)16-13(21)18-17-12)10(19)15-8-5-3-4-7(14)6-8/h3-6,9H,2H2,1H3,(H,15,19)(H2,16,18,20,21). The lowest BCUT2D eigenvalue weighted by molar-refractivity contribution is -0.115. The first-order valence-corrected chi connectivity index (χ1v) is 7.67. The summed E-state index contributed by atoms with van der Waals surface area (Å²) in [6, 6.07) is 6.77. The number of carbonyl (C=O) groups is 1. The van der Waals surface area contributed by atoms with Gasteiger partial charge in [0.1, 0.15) is 0 Å². The predicted molar refractivity (Wildman–Crippen MR) is 85.5 cm³/mol. The molecule has 0 bridgehead atoms. The predicted octanol–water partition coefficient (Wildman–Crippen LogP) is 1.62. The van der Waals surface area contributed by atoms with Crippen LogP contribution in [0, 0.1) is 0 Å². The molecule has 0 saturated heterocycles. The molecule has 0 fully saturated rings. The third-order valence-corrected chi connectivity index (χ3v) is 4.26. The van der Waals surface area contributed by atoms with E-state index in [1.807, 2.05) is 6.92 Å². The zero-order chi connectivity index (χ0) is 16.1. The van der Waals surface area contributed by atoms with Crippen molar-refractivity contribution >= 4 is 35.0 Å². The summed E-state index contributed by atoms with van der Waals surface area (Å²) in [5.41, 5.74) is -0.742. The van der Waals surface area contributed by atoms with Gasteiger partial charge in [-0.05, 0) is 24.6 Å². The molecule has 7 nitrogen and oxygen atoms in total. The molecule has 3 N–H and O–H groups in total. The Balaban J connectivity index is 2.12. The van der Waals surface area contributed by atoms with E-state index in [0.717, 1.165) is 11.8 Å². The number of amides is 1. The van der Waals surface area contributed by atoms with Crippen LogP contribution in [0.25, 0.3) is 0 Å². The molecule has 9 heteroatoms. The molecule has 1 unspecified atom stereocenters. The summed E-state index contributed by atoms with van der Waals surface area (Å²) in [4.78, 5) is 36.9. The highest BCUT2D eigenvalue weighted by atomic mass is 35.5. The smallest absolute Gasteiger partial charge is 0.325 e. The molecule has 0 saturated carbocycles. The lowest BCUT2D eigenvalue weighted by atomic mass is 10.3. The second-order valence-electron chi connectivity index (χ2n) is 4.33. The van der Waals surface area contributed by atoms with Crippen molar-refractivity contribution in [1.82, 2.24) is 15.2 Å². The van der Waals surface area contributed by atoms with Gasteiger partial charge in [0, 0.05) is 10.7 Å². The number of benzene rings is 1. The molecule has 2 aromatic rings. The van der Waals surface area contributed by atoms with Gasteiger partial charge in [0.05, 0.1) is 5.25 Å². The maximum atomic E-state index is 12.3. The van der Waals surface area contributed by atoms with Crippen molar-refractivity contribution in [1.29, 1.82) is 0 Å². The number of anilines is 1. The van der Waals surface area contributed by atoms with E-state index in [0.29, 0.717) is 17.1 Å². The van der Waals surface area contributed by atoms with E-state index >= 15 is 0 Å². The van der Waals surface area contributed by atoms with Crippen LogP contribution in [-0.4, -0.2) is 26.3 Å². The Hall–Kier alpha value is -2.06. The number of thioether (sulfide) groups is 1. The van der Waals surface area contributed by atoms with Crippen LogP contribution >= 0.6 is 23.4 Å². The summed E-state index contributed by atoms with van der Waals surface area (Å²) in [5.74, 6) is -0.276. The fourth-order valence-electron chi connectivity index (χ4n) is 1.66. The number of rotatable bonds is 5. The van der Waals surface area contributed by atoms with Crippen molar-refractivity contribution in [2.75, 3.05) is 5.32 Å².